The molecule has 1 aromatic heterocycles. The molecule has 1 aromatic carbocycles. The summed E-state index contributed by atoms with van der Waals surface area (Å²) in [7, 11) is 1.68. The maximum atomic E-state index is 11.8. The van der Waals surface area contributed by atoms with Gasteiger partial charge in [-0.3, -0.25) is 9.69 Å². The van der Waals surface area contributed by atoms with E-state index in [2.05, 4.69) is 20.4 Å². The molecule has 23 heavy (non-hydrogen) atoms. The van der Waals surface area contributed by atoms with E-state index < -0.39 is 0 Å². The highest BCUT2D eigenvalue weighted by Gasteiger charge is 2.26. The predicted octanol–water partition coefficient (Wildman–Crippen LogP) is 2.35. The number of aromatic nitrogens is 2. The molecule has 0 bridgehead atoms. The van der Waals surface area contributed by atoms with Crippen molar-refractivity contribution in [3.8, 4) is 11.5 Å². The second-order valence-electron chi connectivity index (χ2n) is 5.67. The molecule has 7 heteroatoms. The minimum absolute atomic E-state index is 0.0275. The van der Waals surface area contributed by atoms with Gasteiger partial charge >= 0.3 is 0 Å². The van der Waals surface area contributed by atoms with Crippen molar-refractivity contribution in [2.75, 3.05) is 20.1 Å². The van der Waals surface area contributed by atoms with Gasteiger partial charge in [0.2, 0.25) is 17.7 Å². The van der Waals surface area contributed by atoms with E-state index in [1.54, 1.807) is 13.1 Å². The van der Waals surface area contributed by atoms with Crippen LogP contribution in [-0.4, -0.2) is 41.1 Å². The SMILES string of the molecule is CNC(=O)C1CCCN(Cc2nnc(-c3ccccc3Cl)o2)C1. The Kier molecular flexibility index (Phi) is 4.93. The molecule has 0 spiro atoms. The van der Waals surface area contributed by atoms with Crippen LogP contribution in [0.15, 0.2) is 28.7 Å². The number of nitrogens with one attached hydrogen (secondary N) is 1. The van der Waals surface area contributed by atoms with Gasteiger partial charge in [0.15, 0.2) is 0 Å². The molecule has 1 N–H and O–H groups in total. The molecule has 1 saturated heterocycles. The van der Waals surface area contributed by atoms with E-state index in [0.29, 0.717) is 29.9 Å². The number of carbonyl (C=O) groups excluding carboxylic acids is 1. The highest BCUT2D eigenvalue weighted by molar-refractivity contribution is 6.33. The Morgan fingerprint density at radius 3 is 3.04 bits per heavy atom. The van der Waals surface area contributed by atoms with Gasteiger partial charge in [0.1, 0.15) is 0 Å². The molecule has 1 amide bonds. The van der Waals surface area contributed by atoms with Gasteiger partial charge in [0.05, 0.1) is 23.0 Å². The summed E-state index contributed by atoms with van der Waals surface area (Å²) in [6.45, 7) is 2.19. The maximum Gasteiger partial charge on any atom is 0.249 e. The number of benzene rings is 1. The Morgan fingerprint density at radius 1 is 1.43 bits per heavy atom. The molecular formula is C16H19ClN4O2. The molecule has 6 nitrogen and oxygen atoms in total. The summed E-state index contributed by atoms with van der Waals surface area (Å²) in [6, 6.07) is 7.38. The Hall–Kier alpha value is -1.92. The molecule has 1 aliphatic rings. The van der Waals surface area contributed by atoms with E-state index in [1.807, 2.05) is 18.2 Å². The molecule has 2 heterocycles. The van der Waals surface area contributed by atoms with Crippen molar-refractivity contribution in [2.45, 2.75) is 19.4 Å². The van der Waals surface area contributed by atoms with Crippen molar-refractivity contribution in [1.82, 2.24) is 20.4 Å². The monoisotopic (exact) mass is 334 g/mol. The number of hydrogen-bond acceptors (Lipinski definition) is 5. The Morgan fingerprint density at radius 2 is 2.26 bits per heavy atom. The van der Waals surface area contributed by atoms with E-state index in [0.717, 1.165) is 24.9 Å². The van der Waals surface area contributed by atoms with Crippen molar-refractivity contribution in [3.63, 3.8) is 0 Å². The summed E-state index contributed by atoms with van der Waals surface area (Å²) in [6.07, 6.45) is 1.91. The third-order valence-corrected chi connectivity index (χ3v) is 4.38. The fourth-order valence-electron chi connectivity index (χ4n) is 2.87. The molecule has 0 aliphatic carbocycles. The van der Waals surface area contributed by atoms with E-state index in [-0.39, 0.29) is 11.8 Å². The average Bonchev–Trinajstić information content (AvgIpc) is 3.03. The van der Waals surface area contributed by atoms with Crippen molar-refractivity contribution in [2.24, 2.45) is 5.92 Å². The molecule has 0 radical (unpaired) electrons. The van der Waals surface area contributed by atoms with Crippen LogP contribution < -0.4 is 5.32 Å². The largest absolute Gasteiger partial charge is 0.419 e. The van der Waals surface area contributed by atoms with Gasteiger partial charge in [-0.05, 0) is 31.5 Å². The lowest BCUT2D eigenvalue weighted by atomic mass is 9.97. The zero-order chi connectivity index (χ0) is 16.2. The standard InChI is InChI=1S/C16H19ClN4O2/c1-18-15(22)11-5-4-8-21(9-11)10-14-19-20-16(23-14)12-6-2-3-7-13(12)17/h2-3,6-7,11H,4-5,8-10H2,1H3,(H,18,22). The molecule has 3 rings (SSSR count). The van der Waals surface area contributed by atoms with Gasteiger partial charge in [0.25, 0.3) is 0 Å². The number of piperidine rings is 1. The smallest absolute Gasteiger partial charge is 0.249 e. The van der Waals surface area contributed by atoms with Gasteiger partial charge < -0.3 is 9.73 Å². The van der Waals surface area contributed by atoms with Crippen LogP contribution in [0.25, 0.3) is 11.5 Å². The highest BCUT2D eigenvalue weighted by Crippen LogP contribution is 2.27. The van der Waals surface area contributed by atoms with Gasteiger partial charge in [-0.25, -0.2) is 0 Å². The first kappa shape index (κ1) is 16.0. The van der Waals surface area contributed by atoms with E-state index in [9.17, 15) is 4.79 Å². The minimum Gasteiger partial charge on any atom is -0.419 e. The topological polar surface area (TPSA) is 71.3 Å². The fraction of sp³-hybridized carbons (Fsp3) is 0.438. The summed E-state index contributed by atoms with van der Waals surface area (Å²) >= 11 is 6.15. The fourth-order valence-corrected chi connectivity index (χ4v) is 3.09. The summed E-state index contributed by atoms with van der Waals surface area (Å²) in [4.78, 5) is 14.0. The summed E-state index contributed by atoms with van der Waals surface area (Å²) in [5.41, 5.74) is 0.731. The predicted molar refractivity (Wildman–Crippen MR) is 86.8 cm³/mol. The summed E-state index contributed by atoms with van der Waals surface area (Å²) in [5, 5.41) is 11.5. The average molecular weight is 335 g/mol. The van der Waals surface area contributed by atoms with Gasteiger partial charge in [0, 0.05) is 13.6 Å². The molecule has 2 aromatic rings. The van der Waals surface area contributed by atoms with Crippen LogP contribution in [0.2, 0.25) is 5.02 Å². The first-order valence-corrected chi connectivity index (χ1v) is 8.06. The number of nitrogens with zero attached hydrogens (tertiary/aromatic N) is 3. The van der Waals surface area contributed by atoms with Gasteiger partial charge in [-0.15, -0.1) is 10.2 Å². The van der Waals surface area contributed by atoms with Crippen LogP contribution in [0.5, 0.6) is 0 Å². The molecule has 122 valence electrons. The second kappa shape index (κ2) is 7.10. The summed E-state index contributed by atoms with van der Waals surface area (Å²) in [5.74, 6) is 1.08. The van der Waals surface area contributed by atoms with Crippen LogP contribution >= 0.6 is 11.6 Å². The lowest BCUT2D eigenvalue weighted by molar-refractivity contribution is -0.126. The molecule has 1 unspecified atom stereocenters. The first-order valence-electron chi connectivity index (χ1n) is 7.68. The second-order valence-corrected chi connectivity index (χ2v) is 6.08. The Labute approximate surface area is 139 Å². The number of rotatable bonds is 4. The quantitative estimate of drug-likeness (QED) is 0.929. The molecular weight excluding hydrogens is 316 g/mol. The molecule has 0 saturated carbocycles. The van der Waals surface area contributed by atoms with E-state index in [1.165, 1.54) is 0 Å². The number of likely N-dealkylation sites (tertiary alicyclic amines) is 1. The third kappa shape index (κ3) is 3.71. The van der Waals surface area contributed by atoms with Crippen LogP contribution in [0.3, 0.4) is 0 Å². The van der Waals surface area contributed by atoms with Crippen LogP contribution in [0.1, 0.15) is 18.7 Å². The van der Waals surface area contributed by atoms with Crippen molar-refractivity contribution in [3.05, 3.63) is 35.2 Å². The van der Waals surface area contributed by atoms with Crippen LogP contribution in [0, 0.1) is 5.92 Å². The zero-order valence-electron chi connectivity index (χ0n) is 13.0. The van der Waals surface area contributed by atoms with Gasteiger partial charge in [-0.2, -0.15) is 0 Å². The lowest BCUT2D eigenvalue weighted by Crippen LogP contribution is -2.41. The third-order valence-electron chi connectivity index (χ3n) is 4.05. The van der Waals surface area contributed by atoms with Crippen molar-refractivity contribution in [1.29, 1.82) is 0 Å². The minimum atomic E-state index is 0.0275. The normalized spacial score (nSPS) is 18.8. The van der Waals surface area contributed by atoms with E-state index >= 15 is 0 Å². The van der Waals surface area contributed by atoms with E-state index in [4.69, 9.17) is 16.0 Å². The Balaban J connectivity index is 1.67. The summed E-state index contributed by atoms with van der Waals surface area (Å²) < 4.78 is 5.73. The lowest BCUT2D eigenvalue weighted by Gasteiger charge is -2.30. The number of carbonyl (C=O) groups is 1. The maximum absolute atomic E-state index is 11.8. The van der Waals surface area contributed by atoms with Crippen molar-refractivity contribution >= 4 is 17.5 Å². The molecule has 1 fully saturated rings. The molecule has 1 atom stereocenters. The first-order chi connectivity index (χ1) is 11.2. The van der Waals surface area contributed by atoms with Crippen molar-refractivity contribution < 1.29 is 9.21 Å². The number of amides is 1. The number of halogens is 1. The highest BCUT2D eigenvalue weighted by atomic mass is 35.5. The zero-order valence-corrected chi connectivity index (χ0v) is 13.7. The van der Waals surface area contributed by atoms with Gasteiger partial charge in [-0.1, -0.05) is 23.7 Å². The Bertz CT molecular complexity index is 688. The molecule has 1 aliphatic heterocycles. The van der Waals surface area contributed by atoms with Crippen LogP contribution in [-0.2, 0) is 11.3 Å². The van der Waals surface area contributed by atoms with Crippen LogP contribution in [0.4, 0.5) is 0 Å². The number of hydrogen-bond donors (Lipinski definition) is 1.